The largest absolute Gasteiger partial charge is 0.456 e. The van der Waals surface area contributed by atoms with E-state index in [9.17, 15) is 13.2 Å². The van der Waals surface area contributed by atoms with Crippen molar-refractivity contribution >= 4 is 54.6 Å². The lowest BCUT2D eigenvalue weighted by molar-refractivity contribution is -0.137. The summed E-state index contributed by atoms with van der Waals surface area (Å²) in [6.45, 7) is 0. The maximum absolute atomic E-state index is 14.3. The Labute approximate surface area is 295 Å². The Balaban J connectivity index is 1.17. The minimum atomic E-state index is -4.56. The Morgan fingerprint density at radius 2 is 1.17 bits per heavy atom. The van der Waals surface area contributed by atoms with E-state index in [1.54, 1.807) is 24.3 Å². The molecule has 0 amide bonds. The van der Waals surface area contributed by atoms with Gasteiger partial charge in [-0.25, -0.2) is 9.97 Å². The summed E-state index contributed by atoms with van der Waals surface area (Å²) >= 11 is 0. The van der Waals surface area contributed by atoms with Crippen LogP contribution >= 0.6 is 0 Å². The Morgan fingerprint density at radius 3 is 2.02 bits per heavy atom. The molecular formula is C45H26F3N3O. The third-order valence-corrected chi connectivity index (χ3v) is 9.85. The summed E-state index contributed by atoms with van der Waals surface area (Å²) in [6, 6.07) is 49.9. The molecule has 0 atom stereocenters. The van der Waals surface area contributed by atoms with Crippen LogP contribution in [0.2, 0.25) is 0 Å². The molecule has 3 heterocycles. The van der Waals surface area contributed by atoms with Gasteiger partial charge in [0, 0.05) is 43.7 Å². The van der Waals surface area contributed by atoms with Gasteiger partial charge in [0.2, 0.25) is 0 Å². The van der Waals surface area contributed by atoms with Crippen LogP contribution in [0.1, 0.15) is 5.56 Å². The molecule has 0 fully saturated rings. The van der Waals surface area contributed by atoms with Crippen molar-refractivity contribution in [3.63, 3.8) is 0 Å². The van der Waals surface area contributed by atoms with E-state index in [1.165, 1.54) is 12.1 Å². The lowest BCUT2D eigenvalue weighted by Crippen LogP contribution is -2.08. The van der Waals surface area contributed by atoms with Crippen molar-refractivity contribution in [2.75, 3.05) is 0 Å². The van der Waals surface area contributed by atoms with Crippen LogP contribution in [0.5, 0.6) is 0 Å². The molecule has 52 heavy (non-hydrogen) atoms. The lowest BCUT2D eigenvalue weighted by Gasteiger charge is -2.15. The second-order valence-electron chi connectivity index (χ2n) is 12.9. The molecule has 0 radical (unpaired) electrons. The van der Waals surface area contributed by atoms with E-state index in [-0.39, 0.29) is 11.3 Å². The molecule has 10 rings (SSSR count). The van der Waals surface area contributed by atoms with Gasteiger partial charge in [0.15, 0.2) is 5.82 Å². The third-order valence-electron chi connectivity index (χ3n) is 9.85. The van der Waals surface area contributed by atoms with Gasteiger partial charge in [-0.1, -0.05) is 97.1 Å². The lowest BCUT2D eigenvalue weighted by atomic mass is 9.98. The fourth-order valence-electron chi connectivity index (χ4n) is 7.54. The standard InChI is InChI=1S/C45H26F3N3O/c46-45(47,48)36-17-7-4-14-31(36)43-32-15-5-8-18-37(32)49-44(50-43)33-16-10-20-41-42(33)35-26-28(22-24-40(35)52-41)27-21-23-39-34(25-27)30-13-6-9-19-38(30)51(39)29-11-2-1-3-12-29/h1-26H. The number of hydrogen-bond acceptors (Lipinski definition) is 3. The molecule has 3 aromatic heterocycles. The summed E-state index contributed by atoms with van der Waals surface area (Å²) in [4.78, 5) is 9.76. The summed E-state index contributed by atoms with van der Waals surface area (Å²) in [5.74, 6) is 0.319. The minimum absolute atomic E-state index is 0.00498. The van der Waals surface area contributed by atoms with Gasteiger partial charge in [-0.05, 0) is 71.8 Å². The van der Waals surface area contributed by atoms with E-state index in [0.717, 1.165) is 55.5 Å². The first-order valence-corrected chi connectivity index (χ1v) is 16.9. The first kappa shape index (κ1) is 30.1. The number of benzene rings is 7. The van der Waals surface area contributed by atoms with Crippen LogP contribution < -0.4 is 0 Å². The van der Waals surface area contributed by atoms with Crippen LogP contribution in [0.15, 0.2) is 162 Å². The molecule has 0 saturated carbocycles. The van der Waals surface area contributed by atoms with Crippen molar-refractivity contribution in [3.05, 3.63) is 163 Å². The fraction of sp³-hybridized carbons (Fsp3) is 0.0222. The van der Waals surface area contributed by atoms with Gasteiger partial charge in [-0.15, -0.1) is 0 Å². The molecule has 0 aliphatic carbocycles. The molecule has 4 nitrogen and oxygen atoms in total. The predicted molar refractivity (Wildman–Crippen MR) is 202 cm³/mol. The first-order chi connectivity index (χ1) is 25.4. The Kier molecular flexibility index (Phi) is 6.60. The maximum Gasteiger partial charge on any atom is 0.417 e. The highest BCUT2D eigenvalue weighted by Crippen LogP contribution is 2.42. The van der Waals surface area contributed by atoms with Gasteiger partial charge < -0.3 is 8.98 Å². The number of fused-ring (bicyclic) bond motifs is 7. The van der Waals surface area contributed by atoms with E-state index < -0.39 is 11.7 Å². The first-order valence-electron chi connectivity index (χ1n) is 16.9. The van der Waals surface area contributed by atoms with Gasteiger partial charge in [0.25, 0.3) is 0 Å². The van der Waals surface area contributed by atoms with Gasteiger partial charge >= 0.3 is 6.18 Å². The molecule has 0 saturated heterocycles. The SMILES string of the molecule is FC(F)(F)c1ccccc1-c1nc(-c2cccc3oc4ccc(-c5ccc6c(c5)c5ccccc5n6-c5ccccc5)cc4c23)nc2ccccc12. The summed E-state index contributed by atoms with van der Waals surface area (Å²) in [5.41, 5.74) is 7.43. The highest BCUT2D eigenvalue weighted by molar-refractivity contribution is 6.14. The van der Waals surface area contributed by atoms with Crippen LogP contribution in [0.25, 0.3) is 94.1 Å². The number of alkyl halides is 3. The van der Waals surface area contributed by atoms with Crippen LogP contribution in [-0.2, 0) is 6.18 Å². The van der Waals surface area contributed by atoms with E-state index in [1.807, 2.05) is 48.5 Å². The minimum Gasteiger partial charge on any atom is -0.456 e. The van der Waals surface area contributed by atoms with Gasteiger partial charge in [-0.2, -0.15) is 13.2 Å². The maximum atomic E-state index is 14.3. The monoisotopic (exact) mass is 681 g/mol. The van der Waals surface area contributed by atoms with Gasteiger partial charge in [-0.3, -0.25) is 0 Å². The fourth-order valence-corrected chi connectivity index (χ4v) is 7.54. The average molecular weight is 682 g/mol. The number of nitrogens with zero attached hydrogens (tertiary/aromatic N) is 3. The molecular weight excluding hydrogens is 656 g/mol. The summed E-state index contributed by atoms with van der Waals surface area (Å²) in [6.07, 6.45) is -4.56. The molecule has 0 unspecified atom stereocenters. The molecule has 0 spiro atoms. The molecule has 0 aliphatic rings. The zero-order valence-electron chi connectivity index (χ0n) is 27.4. The zero-order chi connectivity index (χ0) is 35.0. The van der Waals surface area contributed by atoms with Crippen molar-refractivity contribution in [1.29, 1.82) is 0 Å². The number of halogens is 3. The predicted octanol–water partition coefficient (Wildman–Crippen LogP) is 12.6. The summed E-state index contributed by atoms with van der Waals surface area (Å²) < 4.78 is 51.4. The van der Waals surface area contributed by atoms with E-state index >= 15 is 0 Å². The Bertz CT molecular complexity index is 3010. The quantitative estimate of drug-likeness (QED) is 0.186. The highest BCUT2D eigenvalue weighted by atomic mass is 19.4. The molecule has 7 aromatic carbocycles. The average Bonchev–Trinajstić information content (AvgIpc) is 3.72. The third kappa shape index (κ3) is 4.70. The number of hydrogen-bond donors (Lipinski definition) is 0. The Hall–Kier alpha value is -6.73. The number of furan rings is 1. The summed E-state index contributed by atoms with van der Waals surface area (Å²) in [7, 11) is 0. The normalized spacial score (nSPS) is 12.1. The highest BCUT2D eigenvalue weighted by Gasteiger charge is 2.34. The van der Waals surface area contributed by atoms with Crippen molar-refractivity contribution < 1.29 is 17.6 Å². The molecule has 10 aromatic rings. The number of para-hydroxylation sites is 3. The molecule has 0 aliphatic heterocycles. The van der Waals surface area contributed by atoms with Gasteiger partial charge in [0.1, 0.15) is 11.2 Å². The Morgan fingerprint density at radius 1 is 0.500 bits per heavy atom. The topological polar surface area (TPSA) is 43.9 Å². The van der Waals surface area contributed by atoms with Crippen LogP contribution in [0.4, 0.5) is 13.2 Å². The molecule has 0 bridgehead atoms. The molecule has 248 valence electrons. The van der Waals surface area contributed by atoms with Crippen molar-refractivity contribution in [2.45, 2.75) is 6.18 Å². The molecule has 0 N–H and O–H groups in total. The van der Waals surface area contributed by atoms with Crippen LogP contribution in [-0.4, -0.2) is 14.5 Å². The number of rotatable bonds is 4. The van der Waals surface area contributed by atoms with E-state index in [0.29, 0.717) is 33.5 Å². The number of aromatic nitrogens is 3. The van der Waals surface area contributed by atoms with E-state index in [4.69, 9.17) is 14.4 Å². The van der Waals surface area contributed by atoms with Crippen molar-refractivity contribution in [2.24, 2.45) is 0 Å². The summed E-state index contributed by atoms with van der Waals surface area (Å²) in [5, 5.41) is 4.51. The van der Waals surface area contributed by atoms with E-state index in [2.05, 4.69) is 71.3 Å². The van der Waals surface area contributed by atoms with Crippen molar-refractivity contribution in [1.82, 2.24) is 14.5 Å². The van der Waals surface area contributed by atoms with Crippen molar-refractivity contribution in [3.8, 4) is 39.5 Å². The second kappa shape index (κ2) is 11.4. The molecule has 7 heteroatoms. The smallest absolute Gasteiger partial charge is 0.417 e. The van der Waals surface area contributed by atoms with Crippen LogP contribution in [0.3, 0.4) is 0 Å². The second-order valence-corrected chi connectivity index (χ2v) is 12.9. The van der Waals surface area contributed by atoms with Crippen LogP contribution in [0, 0.1) is 0 Å². The zero-order valence-corrected chi connectivity index (χ0v) is 27.4. The van der Waals surface area contributed by atoms with Gasteiger partial charge in [0.05, 0.1) is 27.8 Å².